The highest BCUT2D eigenvalue weighted by Crippen LogP contribution is 2.26. The number of guanidine groups is 1. The van der Waals surface area contributed by atoms with E-state index in [0.717, 1.165) is 57.7 Å². The molecular formula is C21H36IN5OS. The number of aryl methyl sites for hydroxylation is 2. The van der Waals surface area contributed by atoms with Crippen LogP contribution < -0.4 is 10.6 Å². The topological polar surface area (TPSA) is 69.6 Å². The minimum Gasteiger partial charge on any atom is -0.356 e. The molecule has 1 atom stereocenters. The second-order valence-corrected chi connectivity index (χ2v) is 9.25. The van der Waals surface area contributed by atoms with Crippen LogP contribution in [0.1, 0.15) is 61.0 Å². The van der Waals surface area contributed by atoms with E-state index in [1.807, 2.05) is 0 Å². The number of aliphatic imine (C=N–C) groups is 1. The summed E-state index contributed by atoms with van der Waals surface area (Å²) in [5.41, 5.74) is 1.22. The maximum atomic E-state index is 12.7. The number of hydrogen-bond donors (Lipinski definition) is 2. The van der Waals surface area contributed by atoms with Crippen molar-refractivity contribution >= 4 is 47.2 Å². The zero-order chi connectivity index (χ0) is 19.9. The van der Waals surface area contributed by atoms with Crippen molar-refractivity contribution in [1.82, 2.24) is 20.5 Å². The molecule has 0 radical (unpaired) electrons. The second-order valence-electron chi connectivity index (χ2n) is 7.96. The number of aromatic nitrogens is 1. The molecule has 0 bridgehead atoms. The van der Waals surface area contributed by atoms with E-state index in [0.29, 0.717) is 5.91 Å². The smallest absolute Gasteiger partial charge is 0.225 e. The molecule has 3 rings (SSSR count). The molecule has 164 valence electrons. The van der Waals surface area contributed by atoms with Gasteiger partial charge in [-0.05, 0) is 32.6 Å². The van der Waals surface area contributed by atoms with Gasteiger partial charge >= 0.3 is 0 Å². The van der Waals surface area contributed by atoms with Gasteiger partial charge in [-0.1, -0.05) is 26.2 Å². The number of hydrogen-bond acceptors (Lipinski definition) is 4. The van der Waals surface area contributed by atoms with Gasteiger partial charge in [0.25, 0.3) is 0 Å². The number of thiazole rings is 1. The van der Waals surface area contributed by atoms with Crippen LogP contribution in [0.3, 0.4) is 0 Å². The summed E-state index contributed by atoms with van der Waals surface area (Å²) in [5.74, 6) is 1.46. The number of halogens is 1. The minimum absolute atomic E-state index is 0. The Balaban J connectivity index is 0.00000300. The highest BCUT2D eigenvalue weighted by Gasteiger charge is 2.31. The van der Waals surface area contributed by atoms with E-state index in [-0.39, 0.29) is 35.9 Å². The number of likely N-dealkylation sites (tertiary alicyclic amines) is 1. The van der Waals surface area contributed by atoms with E-state index in [1.54, 1.807) is 18.4 Å². The molecule has 2 heterocycles. The van der Waals surface area contributed by atoms with Crippen LogP contribution in [0.5, 0.6) is 0 Å². The van der Waals surface area contributed by atoms with Crippen LogP contribution in [-0.2, 0) is 17.6 Å². The van der Waals surface area contributed by atoms with Crippen molar-refractivity contribution in [2.75, 3.05) is 26.7 Å². The van der Waals surface area contributed by atoms with E-state index in [4.69, 9.17) is 4.98 Å². The van der Waals surface area contributed by atoms with Gasteiger partial charge in [0.2, 0.25) is 5.91 Å². The molecule has 2 aliphatic rings. The molecule has 8 heteroatoms. The van der Waals surface area contributed by atoms with Crippen molar-refractivity contribution in [1.29, 1.82) is 0 Å². The van der Waals surface area contributed by atoms with Gasteiger partial charge in [0.15, 0.2) is 5.96 Å². The van der Waals surface area contributed by atoms with E-state index < -0.39 is 0 Å². The number of carbonyl (C=O) groups excluding carboxylic acids is 1. The summed E-state index contributed by atoms with van der Waals surface area (Å²) >= 11 is 1.79. The lowest BCUT2D eigenvalue weighted by Gasteiger charge is -2.26. The molecule has 1 aliphatic heterocycles. The third-order valence-electron chi connectivity index (χ3n) is 5.92. The van der Waals surface area contributed by atoms with Crippen molar-refractivity contribution in [3.8, 4) is 0 Å². The van der Waals surface area contributed by atoms with Crippen molar-refractivity contribution in [3.63, 3.8) is 0 Å². The Morgan fingerprint density at radius 3 is 2.69 bits per heavy atom. The Labute approximate surface area is 196 Å². The van der Waals surface area contributed by atoms with Gasteiger partial charge < -0.3 is 15.5 Å². The molecule has 2 N–H and O–H groups in total. The van der Waals surface area contributed by atoms with Crippen molar-refractivity contribution in [3.05, 3.63) is 15.6 Å². The largest absolute Gasteiger partial charge is 0.356 e. The fourth-order valence-corrected chi connectivity index (χ4v) is 5.31. The lowest BCUT2D eigenvalue weighted by Crippen LogP contribution is -2.46. The monoisotopic (exact) mass is 533 g/mol. The number of amides is 1. The predicted octanol–water partition coefficient (Wildman–Crippen LogP) is 3.52. The Morgan fingerprint density at radius 2 is 2.03 bits per heavy atom. The van der Waals surface area contributed by atoms with Crippen molar-refractivity contribution in [2.24, 2.45) is 10.9 Å². The average Bonchev–Trinajstić information content (AvgIpc) is 3.33. The second kappa shape index (κ2) is 12.1. The van der Waals surface area contributed by atoms with E-state index >= 15 is 0 Å². The summed E-state index contributed by atoms with van der Waals surface area (Å²) in [6.07, 6.45) is 8.75. The van der Waals surface area contributed by atoms with Crippen LogP contribution in [0.4, 0.5) is 0 Å². The van der Waals surface area contributed by atoms with Gasteiger partial charge in [-0.2, -0.15) is 0 Å². The highest BCUT2D eigenvalue weighted by molar-refractivity contribution is 14.0. The fourth-order valence-electron chi connectivity index (χ4n) is 4.28. The normalized spacial score (nSPS) is 20.4. The van der Waals surface area contributed by atoms with Crippen LogP contribution >= 0.6 is 35.3 Å². The van der Waals surface area contributed by atoms with Crippen LogP contribution in [0.15, 0.2) is 4.99 Å². The predicted molar refractivity (Wildman–Crippen MR) is 131 cm³/mol. The lowest BCUT2D eigenvalue weighted by molar-refractivity contribution is -0.135. The van der Waals surface area contributed by atoms with Gasteiger partial charge in [0, 0.05) is 49.9 Å². The molecular weight excluding hydrogens is 497 g/mol. The Kier molecular flexibility index (Phi) is 10.1. The first-order chi connectivity index (χ1) is 13.6. The summed E-state index contributed by atoms with van der Waals surface area (Å²) in [4.78, 5) is 25.2. The fraction of sp³-hybridized carbons (Fsp3) is 0.762. The van der Waals surface area contributed by atoms with Gasteiger partial charge in [0.05, 0.1) is 10.7 Å². The molecule has 29 heavy (non-hydrogen) atoms. The zero-order valence-electron chi connectivity index (χ0n) is 18.0. The van der Waals surface area contributed by atoms with Gasteiger partial charge in [-0.3, -0.25) is 9.79 Å². The molecule has 1 aromatic heterocycles. The van der Waals surface area contributed by atoms with Gasteiger partial charge in [-0.25, -0.2) is 4.98 Å². The third-order valence-corrected chi connectivity index (χ3v) is 6.99. The van der Waals surface area contributed by atoms with Crippen LogP contribution in [0.25, 0.3) is 0 Å². The Hall–Kier alpha value is -0.900. The van der Waals surface area contributed by atoms with Gasteiger partial charge in [0.1, 0.15) is 0 Å². The van der Waals surface area contributed by atoms with Crippen LogP contribution in [0.2, 0.25) is 0 Å². The van der Waals surface area contributed by atoms with Gasteiger partial charge in [-0.15, -0.1) is 35.3 Å². The molecule has 0 aromatic carbocycles. The molecule has 1 aliphatic carbocycles. The number of nitrogens with zero attached hydrogens (tertiary/aromatic N) is 3. The lowest BCUT2D eigenvalue weighted by atomic mass is 9.88. The first kappa shape index (κ1) is 24.4. The summed E-state index contributed by atoms with van der Waals surface area (Å²) in [6.45, 7) is 6.77. The van der Waals surface area contributed by atoms with E-state index in [1.165, 1.54) is 34.8 Å². The van der Waals surface area contributed by atoms with E-state index in [2.05, 4.69) is 34.4 Å². The molecule has 2 fully saturated rings. The number of rotatable bonds is 6. The Bertz CT molecular complexity index is 687. The SMILES string of the molecule is CCc1nc(CCNC(=NC)NC2CCN(C(=O)C3CCCCC3)C2)sc1C.I. The molecule has 6 nitrogen and oxygen atoms in total. The first-order valence-corrected chi connectivity index (χ1v) is 11.6. The standard InChI is InChI=1S/C21H35N5OS.HI/c1-4-18-15(2)28-19(25-18)10-12-23-21(22-3)24-17-11-13-26(14-17)20(27)16-8-6-5-7-9-16;/h16-17H,4-14H2,1-3H3,(H2,22,23,24);1H. The van der Waals surface area contributed by atoms with Crippen molar-refractivity contribution in [2.45, 2.75) is 71.3 Å². The maximum absolute atomic E-state index is 12.7. The van der Waals surface area contributed by atoms with Crippen molar-refractivity contribution < 1.29 is 4.79 Å². The maximum Gasteiger partial charge on any atom is 0.225 e. The first-order valence-electron chi connectivity index (χ1n) is 10.8. The molecule has 0 spiro atoms. The summed E-state index contributed by atoms with van der Waals surface area (Å²) < 4.78 is 0. The molecule has 1 unspecified atom stereocenters. The van der Waals surface area contributed by atoms with Crippen LogP contribution in [-0.4, -0.2) is 54.5 Å². The minimum atomic E-state index is 0. The Morgan fingerprint density at radius 1 is 1.28 bits per heavy atom. The van der Waals surface area contributed by atoms with E-state index in [9.17, 15) is 4.79 Å². The average molecular weight is 534 g/mol. The summed E-state index contributed by atoms with van der Waals surface area (Å²) in [6, 6.07) is 0.285. The molecule has 1 amide bonds. The highest BCUT2D eigenvalue weighted by atomic mass is 127. The molecule has 1 saturated heterocycles. The number of nitrogens with one attached hydrogen (secondary N) is 2. The summed E-state index contributed by atoms with van der Waals surface area (Å²) in [7, 11) is 1.80. The zero-order valence-corrected chi connectivity index (χ0v) is 21.1. The quantitative estimate of drug-likeness (QED) is 0.334. The number of carbonyl (C=O) groups is 1. The van der Waals surface area contributed by atoms with Crippen LogP contribution in [0, 0.1) is 12.8 Å². The third kappa shape index (κ3) is 6.80. The summed E-state index contributed by atoms with van der Waals surface area (Å²) in [5, 5.41) is 8.08. The molecule has 1 saturated carbocycles. The molecule has 1 aromatic rings.